The summed E-state index contributed by atoms with van der Waals surface area (Å²) in [6, 6.07) is 3.36. The fourth-order valence-electron chi connectivity index (χ4n) is 2.43. The molecule has 0 saturated heterocycles. The molecule has 1 aromatic carbocycles. The molecular weight excluding hydrogens is 278 g/mol. The first kappa shape index (κ1) is 15.6. The van der Waals surface area contributed by atoms with Crippen molar-refractivity contribution < 1.29 is 18.4 Å². The van der Waals surface area contributed by atoms with E-state index in [1.165, 1.54) is 6.07 Å². The van der Waals surface area contributed by atoms with Crippen molar-refractivity contribution in [2.75, 3.05) is 6.54 Å². The van der Waals surface area contributed by atoms with Crippen molar-refractivity contribution in [2.24, 2.45) is 0 Å². The number of aryl methyl sites for hydroxylation is 2. The smallest absolute Gasteiger partial charge is 0.138 e. The first-order chi connectivity index (χ1) is 9.91. The summed E-state index contributed by atoms with van der Waals surface area (Å²) in [5.41, 5.74) is 1.31. The average molecular weight is 296 g/mol. The molecule has 2 rings (SSSR count). The Morgan fingerprint density at radius 1 is 1.24 bits per heavy atom. The number of aliphatic hydroxyl groups excluding tert-OH is 1. The van der Waals surface area contributed by atoms with E-state index in [1.807, 2.05) is 13.8 Å². The summed E-state index contributed by atoms with van der Waals surface area (Å²) < 4.78 is 32.2. The van der Waals surface area contributed by atoms with Gasteiger partial charge < -0.3 is 14.9 Å². The van der Waals surface area contributed by atoms with Gasteiger partial charge in [0.25, 0.3) is 0 Å². The zero-order valence-corrected chi connectivity index (χ0v) is 12.2. The Morgan fingerprint density at radius 2 is 1.86 bits per heavy atom. The molecule has 2 N–H and O–H groups in total. The maximum Gasteiger partial charge on any atom is 0.138 e. The van der Waals surface area contributed by atoms with Gasteiger partial charge in [-0.1, -0.05) is 11.2 Å². The first-order valence-corrected chi connectivity index (χ1v) is 6.70. The molecule has 1 heterocycles. The van der Waals surface area contributed by atoms with Crippen molar-refractivity contribution in [1.29, 1.82) is 0 Å². The molecule has 0 fully saturated rings. The summed E-state index contributed by atoms with van der Waals surface area (Å²) in [5, 5.41) is 16.9. The highest BCUT2D eigenvalue weighted by atomic mass is 19.1. The largest absolute Gasteiger partial charge is 0.387 e. The lowest BCUT2D eigenvalue weighted by Gasteiger charge is -2.18. The molecule has 114 valence electrons. The highest BCUT2D eigenvalue weighted by Crippen LogP contribution is 2.23. The van der Waals surface area contributed by atoms with Crippen LogP contribution in [0.5, 0.6) is 0 Å². The minimum absolute atomic E-state index is 0.0169. The average Bonchev–Trinajstić information content (AvgIpc) is 2.75. The monoisotopic (exact) mass is 296 g/mol. The fourth-order valence-corrected chi connectivity index (χ4v) is 2.43. The molecule has 1 aromatic heterocycles. The van der Waals surface area contributed by atoms with Crippen LogP contribution in [0.1, 0.15) is 41.7 Å². The van der Waals surface area contributed by atoms with E-state index in [1.54, 1.807) is 6.92 Å². The Morgan fingerprint density at radius 3 is 2.38 bits per heavy atom. The van der Waals surface area contributed by atoms with E-state index in [0.717, 1.165) is 23.4 Å². The fraction of sp³-hybridized carbons (Fsp3) is 0.400. The molecule has 21 heavy (non-hydrogen) atoms. The maximum atomic E-state index is 13.6. The highest BCUT2D eigenvalue weighted by molar-refractivity contribution is 5.25. The Bertz CT molecular complexity index is 588. The predicted molar refractivity (Wildman–Crippen MR) is 73.7 cm³/mol. The number of hydrogen-bond acceptors (Lipinski definition) is 4. The third kappa shape index (κ3) is 3.28. The van der Waals surface area contributed by atoms with Crippen LogP contribution >= 0.6 is 0 Å². The second-order valence-corrected chi connectivity index (χ2v) is 5.02. The van der Waals surface area contributed by atoms with Crippen LogP contribution in [0.25, 0.3) is 0 Å². The molecule has 0 aliphatic heterocycles. The van der Waals surface area contributed by atoms with Crippen LogP contribution in [0.15, 0.2) is 22.7 Å². The van der Waals surface area contributed by atoms with Gasteiger partial charge in [0.2, 0.25) is 0 Å². The molecule has 6 heteroatoms. The van der Waals surface area contributed by atoms with Crippen LogP contribution in [-0.2, 0) is 0 Å². The zero-order chi connectivity index (χ0) is 15.6. The molecule has 0 aliphatic carbocycles. The number of nitrogens with one attached hydrogen (secondary N) is 1. The van der Waals surface area contributed by atoms with Crippen molar-refractivity contribution >= 4 is 0 Å². The number of hydrogen-bond donors (Lipinski definition) is 2. The summed E-state index contributed by atoms with van der Waals surface area (Å²) in [6.07, 6.45) is -1.27. The van der Waals surface area contributed by atoms with Gasteiger partial charge in [0.15, 0.2) is 0 Å². The molecular formula is C15H18F2N2O2. The minimum atomic E-state index is -1.27. The normalized spacial score (nSPS) is 14.2. The number of rotatable bonds is 5. The second kappa shape index (κ2) is 6.32. The Labute approximate surface area is 121 Å². The Kier molecular flexibility index (Phi) is 4.69. The topological polar surface area (TPSA) is 58.3 Å². The van der Waals surface area contributed by atoms with Crippen LogP contribution in [0.3, 0.4) is 0 Å². The van der Waals surface area contributed by atoms with E-state index in [4.69, 9.17) is 4.52 Å². The molecule has 4 nitrogen and oxygen atoms in total. The molecule has 2 aromatic rings. The van der Waals surface area contributed by atoms with Crippen LogP contribution < -0.4 is 5.32 Å². The van der Waals surface area contributed by atoms with Gasteiger partial charge in [-0.05, 0) is 32.9 Å². The van der Waals surface area contributed by atoms with Crippen molar-refractivity contribution in [1.82, 2.24) is 10.5 Å². The number of aliphatic hydroxyl groups is 1. The zero-order valence-electron chi connectivity index (χ0n) is 12.2. The third-order valence-electron chi connectivity index (χ3n) is 3.47. The number of aromatic nitrogens is 1. The van der Waals surface area contributed by atoms with Crippen LogP contribution in [-0.4, -0.2) is 16.8 Å². The van der Waals surface area contributed by atoms with Crippen molar-refractivity contribution in [2.45, 2.75) is 32.9 Å². The summed E-state index contributed by atoms with van der Waals surface area (Å²) >= 11 is 0. The van der Waals surface area contributed by atoms with E-state index in [-0.39, 0.29) is 18.2 Å². The summed E-state index contributed by atoms with van der Waals surface area (Å²) in [5.74, 6) is -0.831. The van der Waals surface area contributed by atoms with Crippen molar-refractivity contribution in [3.05, 3.63) is 52.4 Å². The van der Waals surface area contributed by atoms with Crippen LogP contribution in [0.2, 0.25) is 0 Å². The lowest BCUT2D eigenvalue weighted by atomic mass is 10.0. The first-order valence-electron chi connectivity index (χ1n) is 6.70. The molecule has 0 aliphatic rings. The summed E-state index contributed by atoms with van der Waals surface area (Å²) in [4.78, 5) is 0. The standard InChI is InChI=1S/C15H18F2N2O2/c1-8(14-9(2)19-21-10(14)3)18-7-13(20)15-11(16)5-4-6-12(15)17/h4-6,8,13,18,20H,7H2,1-3H3. The molecule has 2 unspecified atom stereocenters. The van der Waals surface area contributed by atoms with E-state index in [2.05, 4.69) is 10.5 Å². The second-order valence-electron chi connectivity index (χ2n) is 5.02. The van der Waals surface area contributed by atoms with Gasteiger partial charge >= 0.3 is 0 Å². The Balaban J connectivity index is 2.06. The molecule has 0 amide bonds. The van der Waals surface area contributed by atoms with Crippen LogP contribution in [0.4, 0.5) is 8.78 Å². The number of nitrogens with zero attached hydrogens (tertiary/aromatic N) is 1. The van der Waals surface area contributed by atoms with Gasteiger partial charge in [0, 0.05) is 18.2 Å². The van der Waals surface area contributed by atoms with Gasteiger partial charge in [0.1, 0.15) is 17.4 Å². The SMILES string of the molecule is Cc1noc(C)c1C(C)NCC(O)c1c(F)cccc1F. The lowest BCUT2D eigenvalue weighted by Crippen LogP contribution is -2.26. The third-order valence-corrected chi connectivity index (χ3v) is 3.47. The molecule has 0 saturated carbocycles. The van der Waals surface area contributed by atoms with E-state index in [9.17, 15) is 13.9 Å². The Hall–Kier alpha value is -1.79. The van der Waals surface area contributed by atoms with E-state index >= 15 is 0 Å². The highest BCUT2D eigenvalue weighted by Gasteiger charge is 2.20. The number of halogens is 2. The minimum Gasteiger partial charge on any atom is -0.387 e. The summed E-state index contributed by atoms with van der Waals surface area (Å²) in [7, 11) is 0. The van der Waals surface area contributed by atoms with E-state index in [0.29, 0.717) is 5.76 Å². The molecule has 0 radical (unpaired) electrons. The van der Waals surface area contributed by atoms with Crippen molar-refractivity contribution in [3.8, 4) is 0 Å². The summed E-state index contributed by atoms with van der Waals surface area (Å²) in [6.45, 7) is 5.50. The molecule has 0 spiro atoms. The van der Waals surface area contributed by atoms with E-state index < -0.39 is 17.7 Å². The van der Waals surface area contributed by atoms with Gasteiger partial charge in [-0.25, -0.2) is 8.78 Å². The van der Waals surface area contributed by atoms with Gasteiger partial charge in [-0.3, -0.25) is 0 Å². The lowest BCUT2D eigenvalue weighted by molar-refractivity contribution is 0.161. The maximum absolute atomic E-state index is 13.6. The van der Waals surface area contributed by atoms with Gasteiger partial charge in [-0.15, -0.1) is 0 Å². The molecule has 2 atom stereocenters. The molecule has 0 bridgehead atoms. The van der Waals surface area contributed by atoms with Gasteiger partial charge in [0.05, 0.1) is 17.4 Å². The van der Waals surface area contributed by atoms with Crippen LogP contribution in [0, 0.1) is 25.5 Å². The number of benzene rings is 1. The van der Waals surface area contributed by atoms with Gasteiger partial charge in [-0.2, -0.15) is 0 Å². The van der Waals surface area contributed by atoms with Crippen molar-refractivity contribution in [3.63, 3.8) is 0 Å². The predicted octanol–water partition coefficient (Wildman–Crippen LogP) is 2.95. The quantitative estimate of drug-likeness (QED) is 0.890.